The SMILES string of the molecule is Cc1ncsc1-c1ccc([C@H](C)NC(=O)[C@@H]2C[C@@H](O)CN2C(=O)[C@H](C(C)N)C(C)(C)C)cc1. The number of amides is 2. The number of β-amino-alcohol motifs (C(OH)–C–C–N with tert-alkyl or cyclic N) is 1. The first kappa shape index (κ1) is 25.3. The highest BCUT2D eigenvalue weighted by atomic mass is 32.1. The summed E-state index contributed by atoms with van der Waals surface area (Å²) in [7, 11) is 0. The maximum Gasteiger partial charge on any atom is 0.243 e. The topological polar surface area (TPSA) is 109 Å². The summed E-state index contributed by atoms with van der Waals surface area (Å²) in [6.07, 6.45) is -0.500. The summed E-state index contributed by atoms with van der Waals surface area (Å²) in [4.78, 5) is 33.5. The molecule has 1 fully saturated rings. The van der Waals surface area contributed by atoms with Crippen molar-refractivity contribution in [3.8, 4) is 10.4 Å². The van der Waals surface area contributed by atoms with Crippen LogP contribution in [-0.4, -0.2) is 51.5 Å². The van der Waals surface area contributed by atoms with E-state index >= 15 is 0 Å². The van der Waals surface area contributed by atoms with Gasteiger partial charge in [-0.1, -0.05) is 45.0 Å². The number of nitrogens with one attached hydrogen (secondary N) is 1. The first-order valence-corrected chi connectivity index (χ1v) is 12.3. The zero-order chi connectivity index (χ0) is 24.5. The van der Waals surface area contributed by atoms with Gasteiger partial charge in [-0.2, -0.15) is 0 Å². The molecule has 1 aromatic heterocycles. The molecule has 7 nitrogen and oxygen atoms in total. The normalized spacial score (nSPS) is 21.5. The third kappa shape index (κ3) is 5.62. The molecule has 1 aromatic carbocycles. The highest BCUT2D eigenvalue weighted by Gasteiger charge is 2.45. The summed E-state index contributed by atoms with van der Waals surface area (Å²) >= 11 is 1.60. The molecule has 180 valence electrons. The minimum atomic E-state index is -0.726. The Morgan fingerprint density at radius 1 is 1.24 bits per heavy atom. The average molecular weight is 473 g/mol. The lowest BCUT2D eigenvalue weighted by Crippen LogP contribution is -2.53. The van der Waals surface area contributed by atoms with Crippen molar-refractivity contribution in [2.75, 3.05) is 6.54 Å². The Labute approximate surface area is 200 Å². The Kier molecular flexibility index (Phi) is 7.61. The van der Waals surface area contributed by atoms with Gasteiger partial charge in [-0.15, -0.1) is 11.3 Å². The molecular formula is C25H36N4O3S. The van der Waals surface area contributed by atoms with Crippen molar-refractivity contribution in [1.82, 2.24) is 15.2 Å². The Bertz CT molecular complexity index is 980. The fraction of sp³-hybridized carbons (Fsp3) is 0.560. The molecule has 0 spiro atoms. The van der Waals surface area contributed by atoms with Gasteiger partial charge in [0.2, 0.25) is 11.8 Å². The van der Waals surface area contributed by atoms with Gasteiger partial charge in [-0.3, -0.25) is 9.59 Å². The van der Waals surface area contributed by atoms with E-state index in [2.05, 4.69) is 10.3 Å². The van der Waals surface area contributed by atoms with Crippen LogP contribution in [0, 0.1) is 18.3 Å². The Hall–Kier alpha value is -2.29. The van der Waals surface area contributed by atoms with E-state index < -0.39 is 18.1 Å². The number of rotatable bonds is 6. The number of hydrogen-bond acceptors (Lipinski definition) is 6. The Morgan fingerprint density at radius 2 is 1.88 bits per heavy atom. The van der Waals surface area contributed by atoms with Crippen LogP contribution in [0.2, 0.25) is 0 Å². The molecule has 2 amide bonds. The number of thiazole rings is 1. The summed E-state index contributed by atoms with van der Waals surface area (Å²) in [5.41, 5.74) is 10.7. The molecule has 1 aliphatic rings. The molecule has 0 radical (unpaired) electrons. The average Bonchev–Trinajstić information content (AvgIpc) is 3.32. The molecule has 1 saturated heterocycles. The smallest absolute Gasteiger partial charge is 0.243 e. The van der Waals surface area contributed by atoms with Gasteiger partial charge in [-0.05, 0) is 37.3 Å². The molecule has 8 heteroatoms. The minimum Gasteiger partial charge on any atom is -0.391 e. The van der Waals surface area contributed by atoms with Gasteiger partial charge in [0.05, 0.1) is 34.1 Å². The highest BCUT2D eigenvalue weighted by molar-refractivity contribution is 7.13. The quantitative estimate of drug-likeness (QED) is 0.598. The number of likely N-dealkylation sites (tertiary alicyclic amines) is 1. The number of aliphatic hydroxyl groups excluding tert-OH is 1. The molecule has 0 bridgehead atoms. The standard InChI is InChI=1S/C25H36N4O3S/c1-14(26)21(25(4,5)6)24(32)29-12-19(30)11-20(29)23(31)28-15(2)17-7-9-18(10-8-17)22-16(3)27-13-33-22/h7-10,13-15,19-21,30H,11-12,26H2,1-6H3,(H,28,31)/t14?,15-,19+,20-,21-/m0/s1. The molecule has 0 aliphatic carbocycles. The third-order valence-electron chi connectivity index (χ3n) is 6.37. The number of nitrogens with zero attached hydrogens (tertiary/aromatic N) is 2. The fourth-order valence-electron chi connectivity index (χ4n) is 4.76. The van der Waals surface area contributed by atoms with E-state index in [0.717, 1.165) is 21.7 Å². The summed E-state index contributed by atoms with van der Waals surface area (Å²) in [6.45, 7) is 11.8. The molecule has 3 rings (SSSR count). The van der Waals surface area contributed by atoms with Gasteiger partial charge < -0.3 is 21.1 Å². The highest BCUT2D eigenvalue weighted by Crippen LogP contribution is 2.33. The summed E-state index contributed by atoms with van der Waals surface area (Å²) in [5.74, 6) is -0.878. The maximum atomic E-state index is 13.4. The lowest BCUT2D eigenvalue weighted by atomic mass is 9.76. The van der Waals surface area contributed by atoms with Gasteiger partial charge in [0.25, 0.3) is 0 Å². The maximum absolute atomic E-state index is 13.4. The lowest BCUT2D eigenvalue weighted by Gasteiger charge is -2.37. The predicted octanol–water partition coefficient (Wildman–Crippen LogP) is 3.27. The van der Waals surface area contributed by atoms with Crippen molar-refractivity contribution in [3.63, 3.8) is 0 Å². The Morgan fingerprint density at radius 3 is 2.39 bits per heavy atom. The fourth-order valence-corrected chi connectivity index (χ4v) is 5.58. The van der Waals surface area contributed by atoms with E-state index in [4.69, 9.17) is 5.73 Å². The van der Waals surface area contributed by atoms with Crippen LogP contribution in [0.15, 0.2) is 29.8 Å². The van der Waals surface area contributed by atoms with Crippen LogP contribution in [0.1, 0.15) is 58.3 Å². The van der Waals surface area contributed by atoms with Crippen LogP contribution < -0.4 is 11.1 Å². The van der Waals surface area contributed by atoms with Crippen molar-refractivity contribution >= 4 is 23.2 Å². The summed E-state index contributed by atoms with van der Waals surface area (Å²) in [5, 5.41) is 13.3. The number of benzene rings is 1. The lowest BCUT2D eigenvalue weighted by molar-refractivity contribution is -0.145. The van der Waals surface area contributed by atoms with Crippen LogP contribution in [0.5, 0.6) is 0 Å². The first-order valence-electron chi connectivity index (χ1n) is 11.4. The Balaban J connectivity index is 1.72. The van der Waals surface area contributed by atoms with Crippen molar-refractivity contribution < 1.29 is 14.7 Å². The van der Waals surface area contributed by atoms with Crippen LogP contribution in [0.3, 0.4) is 0 Å². The van der Waals surface area contributed by atoms with Crippen molar-refractivity contribution in [1.29, 1.82) is 0 Å². The van der Waals surface area contributed by atoms with Crippen LogP contribution in [-0.2, 0) is 9.59 Å². The second kappa shape index (κ2) is 9.91. The third-order valence-corrected chi connectivity index (χ3v) is 7.34. The second-order valence-electron chi connectivity index (χ2n) is 10.2. The van der Waals surface area contributed by atoms with E-state index in [1.165, 1.54) is 4.90 Å². The van der Waals surface area contributed by atoms with Crippen molar-refractivity contribution in [3.05, 3.63) is 41.0 Å². The van der Waals surface area contributed by atoms with Gasteiger partial charge >= 0.3 is 0 Å². The van der Waals surface area contributed by atoms with E-state index in [1.807, 2.05) is 71.3 Å². The monoisotopic (exact) mass is 472 g/mol. The molecular weight excluding hydrogens is 436 g/mol. The van der Waals surface area contributed by atoms with Gasteiger partial charge in [0.1, 0.15) is 6.04 Å². The molecule has 5 atom stereocenters. The number of aryl methyl sites for hydroxylation is 1. The van der Waals surface area contributed by atoms with Gasteiger partial charge in [-0.25, -0.2) is 4.98 Å². The number of aliphatic hydroxyl groups is 1. The number of hydrogen-bond donors (Lipinski definition) is 3. The minimum absolute atomic E-state index is 0.146. The summed E-state index contributed by atoms with van der Waals surface area (Å²) < 4.78 is 0. The molecule has 1 aliphatic heterocycles. The van der Waals surface area contributed by atoms with Gasteiger partial charge in [0, 0.05) is 19.0 Å². The van der Waals surface area contributed by atoms with Crippen LogP contribution >= 0.6 is 11.3 Å². The number of nitrogens with two attached hydrogens (primary N) is 1. The zero-order valence-corrected chi connectivity index (χ0v) is 21.1. The molecule has 1 unspecified atom stereocenters. The van der Waals surface area contributed by atoms with Crippen LogP contribution in [0.4, 0.5) is 0 Å². The summed E-state index contributed by atoms with van der Waals surface area (Å²) in [6, 6.07) is 6.75. The number of carbonyl (C=O) groups is 2. The predicted molar refractivity (Wildman–Crippen MR) is 132 cm³/mol. The second-order valence-corrected chi connectivity index (χ2v) is 11.1. The largest absolute Gasteiger partial charge is 0.391 e. The molecule has 2 aromatic rings. The number of aromatic nitrogens is 1. The van der Waals surface area contributed by atoms with Crippen LogP contribution in [0.25, 0.3) is 10.4 Å². The molecule has 2 heterocycles. The molecule has 4 N–H and O–H groups in total. The van der Waals surface area contributed by atoms with Crippen molar-refractivity contribution in [2.24, 2.45) is 17.1 Å². The van der Waals surface area contributed by atoms with Crippen molar-refractivity contribution in [2.45, 2.75) is 72.2 Å². The first-order chi connectivity index (χ1) is 15.4. The van der Waals surface area contributed by atoms with E-state index in [9.17, 15) is 14.7 Å². The molecule has 33 heavy (non-hydrogen) atoms. The molecule has 0 saturated carbocycles. The van der Waals surface area contributed by atoms with Gasteiger partial charge in [0.15, 0.2) is 0 Å². The van der Waals surface area contributed by atoms with E-state index in [-0.39, 0.29) is 42.3 Å². The van der Waals surface area contributed by atoms with E-state index in [1.54, 1.807) is 11.3 Å². The van der Waals surface area contributed by atoms with E-state index in [0.29, 0.717) is 0 Å². The number of carbonyl (C=O) groups excluding carboxylic acids is 2. The zero-order valence-electron chi connectivity index (χ0n) is 20.3.